The van der Waals surface area contributed by atoms with E-state index in [1.807, 2.05) is 24.3 Å². The zero-order valence-electron chi connectivity index (χ0n) is 16.6. The van der Waals surface area contributed by atoms with Crippen LogP contribution in [0.5, 0.6) is 0 Å². The number of amides is 1. The van der Waals surface area contributed by atoms with Crippen LogP contribution >= 0.6 is 0 Å². The van der Waals surface area contributed by atoms with Crippen LogP contribution in [0.1, 0.15) is 34.3 Å². The first kappa shape index (κ1) is 20.1. The number of sulfonamides is 1. The van der Waals surface area contributed by atoms with Gasteiger partial charge >= 0.3 is 0 Å². The fourth-order valence-corrected chi connectivity index (χ4v) is 5.49. The summed E-state index contributed by atoms with van der Waals surface area (Å²) in [6, 6.07) is 14.4. The molecule has 0 radical (unpaired) electrons. The average molecular weight is 414 g/mol. The van der Waals surface area contributed by atoms with Gasteiger partial charge < -0.3 is 10.2 Å². The third kappa shape index (κ3) is 4.69. The molecule has 0 aromatic heterocycles. The Bertz CT molecular complexity index is 984. The molecule has 0 unspecified atom stereocenters. The average Bonchev–Trinajstić information content (AvgIpc) is 3.11. The van der Waals surface area contributed by atoms with Gasteiger partial charge in [-0.05, 0) is 81.2 Å². The number of hydrogen-bond donors (Lipinski definition) is 2. The van der Waals surface area contributed by atoms with E-state index in [4.69, 9.17) is 0 Å². The molecule has 7 heteroatoms. The van der Waals surface area contributed by atoms with Crippen LogP contribution in [0.2, 0.25) is 0 Å². The summed E-state index contributed by atoms with van der Waals surface area (Å²) in [5, 5.41) is 3.06. The van der Waals surface area contributed by atoms with Crippen molar-refractivity contribution in [1.29, 1.82) is 0 Å². The number of nitrogens with one attached hydrogen (secondary N) is 2. The molecule has 4 rings (SSSR count). The Hall–Kier alpha value is -2.22. The predicted molar refractivity (Wildman–Crippen MR) is 112 cm³/mol. The van der Waals surface area contributed by atoms with Crippen molar-refractivity contribution >= 4 is 15.9 Å². The molecule has 0 bridgehead atoms. The van der Waals surface area contributed by atoms with Gasteiger partial charge in [0.1, 0.15) is 0 Å². The molecule has 1 aliphatic heterocycles. The topological polar surface area (TPSA) is 78.5 Å². The van der Waals surface area contributed by atoms with Gasteiger partial charge in [0.2, 0.25) is 10.0 Å². The zero-order valence-corrected chi connectivity index (χ0v) is 17.4. The van der Waals surface area contributed by atoms with Gasteiger partial charge in [-0.1, -0.05) is 24.3 Å². The van der Waals surface area contributed by atoms with Gasteiger partial charge in [-0.15, -0.1) is 0 Å². The van der Waals surface area contributed by atoms with Crippen LogP contribution in [0.4, 0.5) is 0 Å². The number of fused-ring (bicyclic) bond motifs is 1. The fourth-order valence-electron chi connectivity index (χ4n) is 4.14. The van der Waals surface area contributed by atoms with Crippen LogP contribution in [-0.4, -0.2) is 51.4 Å². The quantitative estimate of drug-likeness (QED) is 0.786. The minimum Gasteiger partial charge on any atom is -0.349 e. The summed E-state index contributed by atoms with van der Waals surface area (Å²) in [6.45, 7) is 1.81. The standard InChI is InChI=1S/C22H27N3O3S/c1-25-11-9-19(10-12-25)24-29(27,28)21-8-7-17-13-20(14-18(17)15-21)23-22(26)16-5-3-2-4-6-16/h2-8,15,19-20,24H,9-14H2,1H3,(H,23,26)/t20-/m1/s1. The van der Waals surface area contributed by atoms with Crippen LogP contribution in [-0.2, 0) is 22.9 Å². The number of piperidine rings is 1. The monoisotopic (exact) mass is 413 g/mol. The van der Waals surface area contributed by atoms with E-state index in [2.05, 4.69) is 22.0 Å². The Morgan fingerprint density at radius 3 is 2.38 bits per heavy atom. The third-order valence-corrected chi connectivity index (χ3v) is 7.35. The highest BCUT2D eigenvalue weighted by Gasteiger charge is 2.27. The highest BCUT2D eigenvalue weighted by Crippen LogP contribution is 2.26. The molecule has 2 aromatic rings. The Balaban J connectivity index is 1.41. The molecule has 29 heavy (non-hydrogen) atoms. The smallest absolute Gasteiger partial charge is 0.251 e. The van der Waals surface area contributed by atoms with Crippen LogP contribution in [0.15, 0.2) is 53.4 Å². The number of benzene rings is 2. The first-order chi connectivity index (χ1) is 13.9. The predicted octanol–water partition coefficient (Wildman–Crippen LogP) is 1.96. The van der Waals surface area contributed by atoms with Crippen molar-refractivity contribution in [2.45, 2.75) is 42.7 Å². The molecule has 1 aliphatic carbocycles. The molecule has 1 fully saturated rings. The number of carbonyl (C=O) groups is 1. The van der Waals surface area contributed by atoms with Gasteiger partial charge in [0.05, 0.1) is 4.90 Å². The van der Waals surface area contributed by atoms with Gasteiger partial charge in [0, 0.05) is 17.6 Å². The lowest BCUT2D eigenvalue weighted by molar-refractivity contribution is 0.0938. The summed E-state index contributed by atoms with van der Waals surface area (Å²) >= 11 is 0. The van der Waals surface area contributed by atoms with Crippen LogP contribution in [0.3, 0.4) is 0 Å². The van der Waals surface area contributed by atoms with Crippen LogP contribution < -0.4 is 10.0 Å². The van der Waals surface area contributed by atoms with E-state index in [-0.39, 0.29) is 18.0 Å². The maximum Gasteiger partial charge on any atom is 0.251 e. The molecule has 0 spiro atoms. The van der Waals surface area contributed by atoms with Crippen molar-refractivity contribution in [2.24, 2.45) is 0 Å². The Morgan fingerprint density at radius 1 is 0.966 bits per heavy atom. The molecular formula is C22H27N3O3S. The molecule has 2 aliphatic rings. The molecular weight excluding hydrogens is 386 g/mol. The summed E-state index contributed by atoms with van der Waals surface area (Å²) in [6.07, 6.45) is 3.02. The third-order valence-electron chi connectivity index (χ3n) is 5.83. The summed E-state index contributed by atoms with van der Waals surface area (Å²) in [7, 11) is -1.48. The van der Waals surface area contributed by atoms with Crippen LogP contribution in [0, 0.1) is 0 Å². The van der Waals surface area contributed by atoms with Gasteiger partial charge in [-0.2, -0.15) is 0 Å². The Morgan fingerprint density at radius 2 is 1.66 bits per heavy atom. The van der Waals surface area contributed by atoms with Crippen molar-refractivity contribution in [3.8, 4) is 0 Å². The van der Waals surface area contributed by atoms with Crippen molar-refractivity contribution < 1.29 is 13.2 Å². The van der Waals surface area contributed by atoms with E-state index in [9.17, 15) is 13.2 Å². The molecule has 1 amide bonds. The second kappa shape index (κ2) is 8.26. The van der Waals surface area contributed by atoms with Crippen molar-refractivity contribution in [2.75, 3.05) is 20.1 Å². The van der Waals surface area contributed by atoms with E-state index in [1.54, 1.807) is 24.3 Å². The number of rotatable bonds is 5. The molecule has 2 N–H and O–H groups in total. The minimum atomic E-state index is -3.54. The minimum absolute atomic E-state index is 0.0117. The normalized spacial score (nSPS) is 20.4. The van der Waals surface area contributed by atoms with Crippen molar-refractivity contribution in [3.63, 3.8) is 0 Å². The fraction of sp³-hybridized carbons (Fsp3) is 0.409. The molecule has 6 nitrogen and oxygen atoms in total. The maximum atomic E-state index is 12.8. The summed E-state index contributed by atoms with van der Waals surface area (Å²) in [4.78, 5) is 14.9. The number of hydrogen-bond acceptors (Lipinski definition) is 4. The van der Waals surface area contributed by atoms with Gasteiger partial charge in [-0.25, -0.2) is 13.1 Å². The van der Waals surface area contributed by atoms with Gasteiger partial charge in [0.25, 0.3) is 5.91 Å². The van der Waals surface area contributed by atoms with E-state index in [0.29, 0.717) is 16.9 Å². The van der Waals surface area contributed by atoms with Crippen LogP contribution in [0.25, 0.3) is 0 Å². The highest BCUT2D eigenvalue weighted by atomic mass is 32.2. The van der Waals surface area contributed by atoms with Gasteiger partial charge in [0.15, 0.2) is 0 Å². The number of nitrogens with zero attached hydrogens (tertiary/aromatic N) is 1. The van der Waals surface area contributed by atoms with Gasteiger partial charge in [-0.3, -0.25) is 4.79 Å². The lowest BCUT2D eigenvalue weighted by atomic mass is 10.1. The largest absolute Gasteiger partial charge is 0.349 e. The highest BCUT2D eigenvalue weighted by molar-refractivity contribution is 7.89. The lowest BCUT2D eigenvalue weighted by Crippen LogP contribution is -2.43. The number of carbonyl (C=O) groups excluding carboxylic acids is 1. The molecule has 1 atom stereocenters. The summed E-state index contributed by atoms with van der Waals surface area (Å²) in [5.41, 5.74) is 2.73. The summed E-state index contributed by atoms with van der Waals surface area (Å²) < 4.78 is 28.5. The first-order valence-electron chi connectivity index (χ1n) is 10.1. The molecule has 1 saturated heterocycles. The molecule has 154 valence electrons. The van der Waals surface area contributed by atoms with E-state index in [0.717, 1.165) is 43.5 Å². The molecule has 2 aromatic carbocycles. The first-order valence-corrected chi connectivity index (χ1v) is 11.6. The van der Waals surface area contributed by atoms with Crippen molar-refractivity contribution in [3.05, 3.63) is 65.2 Å². The van der Waals surface area contributed by atoms with E-state index in [1.165, 1.54) is 0 Å². The lowest BCUT2D eigenvalue weighted by Gasteiger charge is -2.29. The SMILES string of the molecule is CN1CCC(NS(=O)(=O)c2ccc3c(c2)C[C@H](NC(=O)c2ccccc2)C3)CC1. The Kier molecular flexibility index (Phi) is 5.72. The second-order valence-corrected chi connectivity index (χ2v) is 9.79. The zero-order chi connectivity index (χ0) is 20.4. The molecule has 0 saturated carbocycles. The van der Waals surface area contributed by atoms with E-state index >= 15 is 0 Å². The van der Waals surface area contributed by atoms with Crippen molar-refractivity contribution in [1.82, 2.24) is 14.9 Å². The molecule has 1 heterocycles. The Labute approximate surface area is 172 Å². The van der Waals surface area contributed by atoms with E-state index < -0.39 is 10.0 Å². The maximum absolute atomic E-state index is 12.8. The number of likely N-dealkylation sites (tertiary alicyclic amines) is 1. The second-order valence-electron chi connectivity index (χ2n) is 8.07. The summed E-state index contributed by atoms with van der Waals surface area (Å²) in [5.74, 6) is -0.0971.